The first-order valence-corrected chi connectivity index (χ1v) is 6.94. The van der Waals surface area contributed by atoms with Crippen LogP contribution in [0.25, 0.3) is 0 Å². The average Bonchev–Trinajstić information content (AvgIpc) is 2.71. The van der Waals surface area contributed by atoms with Crippen molar-refractivity contribution >= 4 is 22.9 Å². The number of aryl methyl sites for hydroxylation is 1. The van der Waals surface area contributed by atoms with E-state index in [2.05, 4.69) is 42.6 Å². The fraction of sp³-hybridized carbons (Fsp3) is 0.286. The van der Waals surface area contributed by atoms with Crippen molar-refractivity contribution in [2.45, 2.75) is 19.9 Å². The van der Waals surface area contributed by atoms with Crippen LogP contribution >= 0.6 is 22.9 Å². The van der Waals surface area contributed by atoms with E-state index in [9.17, 15) is 0 Å². The molecule has 1 N–H and O–H groups in total. The Bertz CT molecular complexity index is 479. The summed E-state index contributed by atoms with van der Waals surface area (Å²) in [5, 5.41) is 3.45. The standard InChI is InChI=1S/C14H16ClNS/c1-11-3-2-4-12(9-11)10-16-8-7-13-5-6-14(15)17-13/h2-6,9,16H,7-8,10H2,1H3. The Morgan fingerprint density at radius 1 is 1.24 bits per heavy atom. The Kier molecular flexibility index (Phi) is 4.60. The normalized spacial score (nSPS) is 10.7. The van der Waals surface area contributed by atoms with Gasteiger partial charge in [-0.3, -0.25) is 0 Å². The van der Waals surface area contributed by atoms with E-state index in [0.717, 1.165) is 23.8 Å². The third-order valence-corrected chi connectivity index (χ3v) is 3.88. The van der Waals surface area contributed by atoms with E-state index in [1.54, 1.807) is 11.3 Å². The topological polar surface area (TPSA) is 12.0 Å². The molecule has 90 valence electrons. The van der Waals surface area contributed by atoms with Crippen molar-refractivity contribution in [3.05, 3.63) is 56.7 Å². The molecular formula is C14H16ClNS. The second-order valence-electron chi connectivity index (χ2n) is 4.12. The molecule has 1 heterocycles. The molecule has 0 amide bonds. The molecule has 2 aromatic rings. The van der Waals surface area contributed by atoms with Gasteiger partial charge in [0.05, 0.1) is 4.34 Å². The number of nitrogens with one attached hydrogen (secondary N) is 1. The lowest BCUT2D eigenvalue weighted by Crippen LogP contribution is -2.16. The first-order chi connectivity index (χ1) is 8.24. The van der Waals surface area contributed by atoms with Crippen molar-refractivity contribution in [1.29, 1.82) is 0 Å². The van der Waals surface area contributed by atoms with Gasteiger partial charge in [0, 0.05) is 18.0 Å². The molecule has 0 aliphatic heterocycles. The van der Waals surface area contributed by atoms with E-state index in [0.29, 0.717) is 0 Å². The molecule has 1 nitrogen and oxygen atoms in total. The first-order valence-electron chi connectivity index (χ1n) is 5.74. The van der Waals surface area contributed by atoms with E-state index >= 15 is 0 Å². The number of hydrogen-bond acceptors (Lipinski definition) is 2. The predicted molar refractivity (Wildman–Crippen MR) is 75.9 cm³/mol. The highest BCUT2D eigenvalue weighted by atomic mass is 35.5. The van der Waals surface area contributed by atoms with Gasteiger partial charge in [-0.15, -0.1) is 11.3 Å². The fourth-order valence-corrected chi connectivity index (χ4v) is 2.84. The summed E-state index contributed by atoms with van der Waals surface area (Å²) >= 11 is 7.55. The molecule has 1 aromatic carbocycles. The minimum atomic E-state index is 0.874. The molecule has 17 heavy (non-hydrogen) atoms. The van der Waals surface area contributed by atoms with E-state index in [1.165, 1.54) is 16.0 Å². The molecule has 3 heteroatoms. The highest BCUT2D eigenvalue weighted by Crippen LogP contribution is 2.21. The van der Waals surface area contributed by atoms with E-state index in [-0.39, 0.29) is 0 Å². The van der Waals surface area contributed by atoms with Crippen LogP contribution < -0.4 is 5.32 Å². The predicted octanol–water partition coefficient (Wildman–Crippen LogP) is 4.04. The molecule has 0 saturated heterocycles. The Morgan fingerprint density at radius 3 is 2.82 bits per heavy atom. The smallest absolute Gasteiger partial charge is 0.0931 e. The van der Waals surface area contributed by atoms with Crippen molar-refractivity contribution in [3.8, 4) is 0 Å². The van der Waals surface area contributed by atoms with Gasteiger partial charge in [-0.05, 0) is 31.0 Å². The van der Waals surface area contributed by atoms with E-state index in [1.807, 2.05) is 6.07 Å². The van der Waals surface area contributed by atoms with Crippen LogP contribution in [0.3, 0.4) is 0 Å². The summed E-state index contributed by atoms with van der Waals surface area (Å²) in [4.78, 5) is 1.34. The van der Waals surface area contributed by atoms with Crippen LogP contribution in [0, 0.1) is 6.92 Å². The number of halogens is 1. The quantitative estimate of drug-likeness (QED) is 0.805. The molecule has 0 saturated carbocycles. The SMILES string of the molecule is Cc1cccc(CNCCc2ccc(Cl)s2)c1. The second kappa shape index (κ2) is 6.20. The van der Waals surface area contributed by atoms with Gasteiger partial charge < -0.3 is 5.32 Å². The number of thiophene rings is 1. The molecule has 0 bridgehead atoms. The minimum Gasteiger partial charge on any atom is -0.312 e. The zero-order valence-electron chi connectivity index (χ0n) is 9.87. The van der Waals surface area contributed by atoms with Crippen LogP contribution in [0.1, 0.15) is 16.0 Å². The summed E-state index contributed by atoms with van der Waals surface area (Å²) < 4.78 is 0.874. The van der Waals surface area contributed by atoms with Crippen molar-refractivity contribution in [2.75, 3.05) is 6.54 Å². The maximum atomic E-state index is 5.88. The molecule has 2 rings (SSSR count). The Morgan fingerprint density at radius 2 is 2.12 bits per heavy atom. The zero-order valence-corrected chi connectivity index (χ0v) is 11.4. The first kappa shape index (κ1) is 12.6. The van der Waals surface area contributed by atoms with Gasteiger partial charge in [0.25, 0.3) is 0 Å². The molecule has 0 unspecified atom stereocenters. The second-order valence-corrected chi connectivity index (χ2v) is 5.92. The lowest BCUT2D eigenvalue weighted by atomic mass is 10.1. The maximum Gasteiger partial charge on any atom is 0.0931 e. The Labute approximate surface area is 111 Å². The number of hydrogen-bond donors (Lipinski definition) is 1. The summed E-state index contributed by atoms with van der Waals surface area (Å²) in [6, 6.07) is 12.7. The van der Waals surface area contributed by atoms with Crippen LogP contribution in [0.15, 0.2) is 36.4 Å². The summed E-state index contributed by atoms with van der Waals surface area (Å²) in [5.41, 5.74) is 2.66. The molecule has 0 atom stereocenters. The van der Waals surface area contributed by atoms with Crippen LogP contribution in [0.5, 0.6) is 0 Å². The van der Waals surface area contributed by atoms with Crippen molar-refractivity contribution < 1.29 is 0 Å². The Balaban J connectivity index is 1.73. The van der Waals surface area contributed by atoms with Gasteiger partial charge in [-0.25, -0.2) is 0 Å². The molecule has 0 aliphatic rings. The Hall–Kier alpha value is -0.830. The molecule has 0 radical (unpaired) electrons. The van der Waals surface area contributed by atoms with E-state index < -0.39 is 0 Å². The van der Waals surface area contributed by atoms with Crippen LogP contribution in [-0.4, -0.2) is 6.54 Å². The largest absolute Gasteiger partial charge is 0.312 e. The van der Waals surface area contributed by atoms with Crippen LogP contribution in [0.4, 0.5) is 0 Å². The van der Waals surface area contributed by atoms with Gasteiger partial charge in [0.1, 0.15) is 0 Å². The van der Waals surface area contributed by atoms with Gasteiger partial charge in [0.15, 0.2) is 0 Å². The number of rotatable bonds is 5. The van der Waals surface area contributed by atoms with Gasteiger partial charge >= 0.3 is 0 Å². The molecule has 0 spiro atoms. The zero-order chi connectivity index (χ0) is 12.1. The molecular weight excluding hydrogens is 250 g/mol. The highest BCUT2D eigenvalue weighted by molar-refractivity contribution is 7.16. The minimum absolute atomic E-state index is 0.874. The summed E-state index contributed by atoms with van der Waals surface area (Å²) in [7, 11) is 0. The third-order valence-electron chi connectivity index (χ3n) is 2.59. The van der Waals surface area contributed by atoms with E-state index in [4.69, 9.17) is 11.6 Å². The van der Waals surface area contributed by atoms with Crippen molar-refractivity contribution in [2.24, 2.45) is 0 Å². The summed E-state index contributed by atoms with van der Waals surface area (Å²) in [6.07, 6.45) is 1.04. The van der Waals surface area contributed by atoms with Gasteiger partial charge in [-0.1, -0.05) is 41.4 Å². The van der Waals surface area contributed by atoms with Crippen LogP contribution in [0.2, 0.25) is 4.34 Å². The number of benzene rings is 1. The highest BCUT2D eigenvalue weighted by Gasteiger charge is 1.98. The summed E-state index contributed by atoms with van der Waals surface area (Å²) in [5.74, 6) is 0. The maximum absolute atomic E-state index is 5.88. The van der Waals surface area contributed by atoms with Crippen molar-refractivity contribution in [1.82, 2.24) is 5.32 Å². The molecule has 0 aliphatic carbocycles. The lowest BCUT2D eigenvalue weighted by Gasteiger charge is -2.04. The van der Waals surface area contributed by atoms with Crippen LogP contribution in [-0.2, 0) is 13.0 Å². The molecule has 0 fully saturated rings. The van der Waals surface area contributed by atoms with Gasteiger partial charge in [-0.2, -0.15) is 0 Å². The molecule has 1 aromatic heterocycles. The third kappa shape index (κ3) is 4.15. The monoisotopic (exact) mass is 265 g/mol. The van der Waals surface area contributed by atoms with Crippen molar-refractivity contribution in [3.63, 3.8) is 0 Å². The summed E-state index contributed by atoms with van der Waals surface area (Å²) in [6.45, 7) is 4.04. The fourth-order valence-electron chi connectivity index (χ4n) is 1.75. The van der Waals surface area contributed by atoms with Gasteiger partial charge in [0.2, 0.25) is 0 Å². The average molecular weight is 266 g/mol. The lowest BCUT2D eigenvalue weighted by molar-refractivity contribution is 0.690.